The number of carbonyl (C=O) groups is 2. The fourth-order valence-electron chi connectivity index (χ4n) is 9.27. The zero-order valence-corrected chi connectivity index (χ0v) is 54.4. The van der Waals surface area contributed by atoms with E-state index < -0.39 is 289 Å². The summed E-state index contributed by atoms with van der Waals surface area (Å²) >= 11 is 0. The van der Waals surface area contributed by atoms with Gasteiger partial charge in [-0.15, -0.1) is 0 Å². The summed E-state index contributed by atoms with van der Waals surface area (Å²) in [5, 5.41) is 76.4. The molecular weight excluding hydrogens is 1600 g/mol. The number of nitrogens with one attached hydrogen (secondary N) is 3. The maximum atomic E-state index is 13.1. The van der Waals surface area contributed by atoms with Crippen LogP contribution in [0.25, 0.3) is 0 Å². The number of carboxylic acids is 2. The van der Waals surface area contributed by atoms with E-state index in [2.05, 4.69) is 29.3 Å². The van der Waals surface area contributed by atoms with Gasteiger partial charge in [-0.2, -0.15) is 98.3 Å². The molecule has 68 heteroatoms. The first-order valence-corrected chi connectivity index (χ1v) is 38.3. The van der Waals surface area contributed by atoms with Gasteiger partial charge >= 0.3 is 116 Å². The third kappa shape index (κ3) is 26.0. The van der Waals surface area contributed by atoms with Crippen molar-refractivity contribution in [3.63, 3.8) is 0 Å². The molecule has 5 aliphatic rings. The van der Waals surface area contributed by atoms with Gasteiger partial charge in [-0.05, 0) is 0 Å². The number of rotatable bonds is 33. The van der Waals surface area contributed by atoms with Crippen LogP contribution < -0.4 is 14.2 Å². The number of carboxylic acid groups (broad SMARTS) is 2. The van der Waals surface area contributed by atoms with Crippen LogP contribution in [0, 0.1) is 0 Å². The maximum absolute atomic E-state index is 13.1. The summed E-state index contributed by atoms with van der Waals surface area (Å²) in [5.41, 5.74) is 0. The molecule has 0 bridgehead atoms. The SMILES string of the molecule is O=C(O)[C@H]1O[C@@H](O[C@H]2[C@H](OS(=O)(=O)O)[C@@H](NS(=O)(=O)O)[C@@H](O[C@H]3[C@H](O)[C@@H](OS(=O)(=O)O)[C@H](O[C@H]4[C@H](OS(=O)(=O)O)[C@@H](NS(=O)(=O)O)[C@@H](O)O[C@@H]4COS(=O)(=O)O)O[C@H]3C(=O)O)O[C@@H]2COS(=O)(=O)O)[C@H](O)[C@@H](OS(=O)(=O)O)[C@@H]1O[C@H]1O[C@H](COS(=O)(=O)O)[C@@H](O)[C@H](O)[C@H]1NS(=O)(=O)O. The topological polar surface area (TPSA) is 903 Å². The van der Waals surface area contributed by atoms with Gasteiger partial charge in [-0.1, -0.05) is 0 Å². The molecule has 0 aromatic carbocycles. The van der Waals surface area contributed by atoms with E-state index in [9.17, 15) is 170 Å². The van der Waals surface area contributed by atoms with Crippen LogP contribution in [0.1, 0.15) is 0 Å². The lowest BCUT2D eigenvalue weighted by Gasteiger charge is -2.50. The number of aliphatic carboxylic acids is 2. The summed E-state index contributed by atoms with van der Waals surface area (Å²) in [4.78, 5) is 26.1. The molecular formula is C30H51N3O55S10. The van der Waals surface area contributed by atoms with Crippen molar-refractivity contribution in [2.24, 2.45) is 0 Å². The van der Waals surface area contributed by atoms with Crippen LogP contribution in [0.4, 0.5) is 0 Å². The Hall–Kier alpha value is -2.92. The maximum Gasteiger partial charge on any atom is 0.397 e. The molecule has 5 aliphatic heterocycles. The van der Waals surface area contributed by atoms with Crippen molar-refractivity contribution in [1.29, 1.82) is 0 Å². The lowest BCUT2D eigenvalue weighted by atomic mass is 9.94. The highest BCUT2D eigenvalue weighted by Crippen LogP contribution is 2.40. The van der Waals surface area contributed by atoms with Crippen molar-refractivity contribution < 1.29 is 247 Å². The fraction of sp³-hybridized carbons (Fsp3) is 0.933. The standard InChI is InChI=1S/C30H51N3O55S10/c34-10-4(1-73-92(52,53)54)77-27(7(11(10)35)31-89(43,44)45)82-21-19(87-97(67,68)69)13(37)29(83-23(21)25(40)41)79-15-6(3-75-94(58,59)60)78-28(9(33-91(49,50)51)17(15)86-96(64,65)66)81-18-12(36)20(88-98(70,71)72)30(84-22(18)24(38)39)80-14-5(2-74-93(55,56)57)76-26(42)8(32-90(46,47)48)16(14)85-95(61,62)63/h4-23,26-37,42H,1-3H2,(H,38,39)(H,40,41)(H,43,44,45)(H,46,47,48)(H,49,50,51)(H,52,53,54)(H,55,56,57)(H,58,59,60)(H,61,62,63)(H,64,65,66)(H,67,68,69)(H,70,71,72)/t4-,5-,6-,7-,8-,9-,10-,11-,12+,13-,14-,15-,16-,17-,18+,19-,20-,21+,22-,23+,26+,27-,28-,29-,30-/m1/s1. The highest BCUT2D eigenvalue weighted by atomic mass is 32.3. The van der Waals surface area contributed by atoms with Crippen molar-refractivity contribution in [2.45, 2.75) is 153 Å². The van der Waals surface area contributed by atoms with Crippen molar-refractivity contribution in [3.05, 3.63) is 0 Å². The molecule has 5 heterocycles. The van der Waals surface area contributed by atoms with Crippen molar-refractivity contribution in [1.82, 2.24) is 14.2 Å². The minimum absolute atomic E-state index is 0.996. The van der Waals surface area contributed by atoms with E-state index >= 15 is 0 Å². The lowest BCUT2D eigenvalue weighted by molar-refractivity contribution is -0.371. The Morgan fingerprint density at radius 3 is 1.06 bits per heavy atom. The van der Waals surface area contributed by atoms with Gasteiger partial charge in [0.2, 0.25) is 0 Å². The number of aliphatic hydroxyl groups is 5. The van der Waals surface area contributed by atoms with Crippen LogP contribution in [-0.4, -0.2) is 351 Å². The molecule has 0 aromatic rings. The summed E-state index contributed by atoms with van der Waals surface area (Å²) < 4.78 is 418. The molecule has 5 saturated heterocycles. The molecule has 0 spiro atoms. The summed E-state index contributed by atoms with van der Waals surface area (Å²) in [6, 6.07) is -9.17. The zero-order valence-electron chi connectivity index (χ0n) is 46.3. The molecule has 25 atom stereocenters. The molecule has 0 aromatic heterocycles. The highest BCUT2D eigenvalue weighted by molar-refractivity contribution is 7.84. The van der Waals surface area contributed by atoms with Crippen LogP contribution in [0.15, 0.2) is 0 Å². The summed E-state index contributed by atoms with van der Waals surface area (Å²) in [7, 11) is -60.6. The van der Waals surface area contributed by atoms with Gasteiger partial charge in [-0.25, -0.2) is 38.9 Å². The zero-order chi connectivity index (χ0) is 75.1. The smallest absolute Gasteiger partial charge is 0.397 e. The molecule has 0 aliphatic carbocycles. The number of hydrogen-bond donors (Lipinski definition) is 20. The summed E-state index contributed by atoms with van der Waals surface area (Å²) in [5.74, 6) is -5.30. The summed E-state index contributed by atoms with van der Waals surface area (Å²) in [6.45, 7) is -5.68. The van der Waals surface area contributed by atoms with E-state index in [-0.39, 0.29) is 0 Å². The second kappa shape index (κ2) is 31.8. The Morgan fingerprint density at radius 2 is 0.633 bits per heavy atom. The average Bonchev–Trinajstić information content (AvgIpc) is 0.760. The van der Waals surface area contributed by atoms with Crippen LogP contribution >= 0.6 is 0 Å². The first-order chi connectivity index (χ1) is 44.0. The first kappa shape index (κ1) is 85.7. The summed E-state index contributed by atoms with van der Waals surface area (Å²) in [6.07, 6.45) is -70.3. The number of aliphatic hydroxyl groups excluding tert-OH is 5. The van der Waals surface area contributed by atoms with E-state index in [4.69, 9.17) is 47.2 Å². The second-order valence-electron chi connectivity index (χ2n) is 19.5. The van der Waals surface area contributed by atoms with Crippen molar-refractivity contribution >= 4 is 116 Å². The Morgan fingerprint density at radius 1 is 0.306 bits per heavy atom. The molecule has 20 N–H and O–H groups in total. The molecule has 0 unspecified atom stereocenters. The molecule has 5 fully saturated rings. The van der Waals surface area contributed by atoms with E-state index in [1.165, 1.54) is 0 Å². The van der Waals surface area contributed by atoms with Crippen LogP contribution in [0.3, 0.4) is 0 Å². The Balaban J connectivity index is 1.68. The second-order valence-corrected chi connectivity index (χ2v) is 30.5. The van der Waals surface area contributed by atoms with Gasteiger partial charge in [0.25, 0.3) is 0 Å². The average molecular weight is 1650 g/mol. The van der Waals surface area contributed by atoms with Gasteiger partial charge in [0.1, 0.15) is 104 Å². The predicted molar refractivity (Wildman–Crippen MR) is 278 cm³/mol. The minimum Gasteiger partial charge on any atom is -0.479 e. The van der Waals surface area contributed by atoms with E-state index in [0.717, 1.165) is 14.2 Å². The third-order valence-corrected chi connectivity index (χ3v) is 17.5. The van der Waals surface area contributed by atoms with E-state index in [1.807, 2.05) is 0 Å². The largest absolute Gasteiger partial charge is 0.479 e. The molecule has 98 heavy (non-hydrogen) atoms. The molecule has 58 nitrogen and oxygen atoms in total. The fourth-order valence-corrected chi connectivity index (χ4v) is 14.0. The van der Waals surface area contributed by atoms with Gasteiger partial charge in [0.05, 0.1) is 19.8 Å². The van der Waals surface area contributed by atoms with Crippen LogP contribution in [-0.2, 0) is 185 Å². The Kier molecular flexibility index (Phi) is 27.8. The molecule has 0 radical (unpaired) electrons. The van der Waals surface area contributed by atoms with Gasteiger partial charge in [-0.3, -0.25) is 45.5 Å². The molecule has 0 amide bonds. The lowest BCUT2D eigenvalue weighted by Crippen LogP contribution is -2.71. The normalized spacial score (nSPS) is 37.1. The first-order valence-electron chi connectivity index (χ1n) is 24.5. The van der Waals surface area contributed by atoms with Crippen LogP contribution in [0.2, 0.25) is 0 Å². The quantitative estimate of drug-likeness (QED) is 0.0271. The number of ether oxygens (including phenoxy) is 9. The molecule has 0 saturated carbocycles. The van der Waals surface area contributed by atoms with Crippen molar-refractivity contribution in [2.75, 3.05) is 19.8 Å². The van der Waals surface area contributed by atoms with E-state index in [0.29, 0.717) is 0 Å². The van der Waals surface area contributed by atoms with Crippen molar-refractivity contribution in [3.8, 4) is 0 Å². The highest BCUT2D eigenvalue weighted by Gasteiger charge is 2.62. The Labute approximate surface area is 547 Å². The number of hydrogen-bond acceptors (Lipinski definition) is 43. The molecule has 5 rings (SSSR count). The van der Waals surface area contributed by atoms with Gasteiger partial charge in [0.15, 0.2) is 49.8 Å². The minimum atomic E-state index is -6.53. The van der Waals surface area contributed by atoms with Crippen LogP contribution in [0.5, 0.6) is 0 Å². The Bertz CT molecular complexity index is 4030. The monoisotopic (exact) mass is 1650 g/mol. The third-order valence-electron chi connectivity index (χ3n) is 12.6. The molecule has 576 valence electrons. The van der Waals surface area contributed by atoms with E-state index in [1.54, 1.807) is 0 Å². The van der Waals surface area contributed by atoms with Gasteiger partial charge in [0, 0.05) is 0 Å². The predicted octanol–water partition coefficient (Wildman–Crippen LogP) is -14.8. The van der Waals surface area contributed by atoms with Gasteiger partial charge < -0.3 is 78.4 Å².